The van der Waals surface area contributed by atoms with Crippen molar-refractivity contribution in [2.45, 2.75) is 6.54 Å². The number of imidazole rings is 1. The van der Waals surface area contributed by atoms with Gasteiger partial charge in [0.25, 0.3) is 0 Å². The molecule has 3 aromatic carbocycles. The molecule has 0 atom stereocenters. The van der Waals surface area contributed by atoms with Crippen molar-refractivity contribution in [3.63, 3.8) is 0 Å². The zero-order valence-corrected chi connectivity index (χ0v) is 14.4. The van der Waals surface area contributed by atoms with Gasteiger partial charge in [-0.25, -0.2) is 4.98 Å². The highest BCUT2D eigenvalue weighted by Crippen LogP contribution is 2.26. The molecule has 4 aromatic rings. The summed E-state index contributed by atoms with van der Waals surface area (Å²) in [4.78, 5) is 4.90. The zero-order valence-electron chi connectivity index (χ0n) is 13.6. The van der Waals surface area contributed by atoms with Crippen molar-refractivity contribution in [3.8, 4) is 22.6 Å². The molecule has 122 valence electrons. The fourth-order valence-corrected chi connectivity index (χ4v) is 3.02. The molecule has 0 radical (unpaired) electrons. The second-order valence-corrected chi connectivity index (χ2v) is 6.37. The van der Waals surface area contributed by atoms with E-state index in [1.165, 1.54) is 5.56 Å². The molecule has 1 aromatic heterocycles. The lowest BCUT2D eigenvalue weighted by molar-refractivity contribution is 0.807. The second-order valence-electron chi connectivity index (χ2n) is 5.94. The molecule has 1 heterocycles. The summed E-state index contributed by atoms with van der Waals surface area (Å²) >= 11 is 6.04. The average Bonchev–Trinajstić information content (AvgIpc) is 3.08. The third kappa shape index (κ3) is 3.49. The molecule has 0 aliphatic rings. The van der Waals surface area contributed by atoms with Crippen LogP contribution in [0.25, 0.3) is 22.6 Å². The van der Waals surface area contributed by atoms with Crippen molar-refractivity contribution >= 4 is 11.6 Å². The number of rotatable bonds is 4. The van der Waals surface area contributed by atoms with Crippen LogP contribution in [0.4, 0.5) is 0 Å². The maximum absolute atomic E-state index is 6.04. The Hall–Kier alpha value is -2.84. The first-order valence-corrected chi connectivity index (χ1v) is 8.60. The molecule has 2 nitrogen and oxygen atoms in total. The van der Waals surface area contributed by atoms with E-state index in [1.54, 1.807) is 0 Å². The minimum Gasteiger partial charge on any atom is -0.326 e. The highest BCUT2D eigenvalue weighted by molar-refractivity contribution is 6.30. The molecule has 0 unspecified atom stereocenters. The number of hydrogen-bond acceptors (Lipinski definition) is 1. The highest BCUT2D eigenvalue weighted by Gasteiger charge is 2.12. The third-order valence-electron chi connectivity index (χ3n) is 4.14. The molecule has 0 amide bonds. The lowest BCUT2D eigenvalue weighted by Crippen LogP contribution is -2.00. The van der Waals surface area contributed by atoms with E-state index in [4.69, 9.17) is 16.6 Å². The van der Waals surface area contributed by atoms with E-state index in [0.29, 0.717) is 0 Å². The first kappa shape index (κ1) is 15.7. The van der Waals surface area contributed by atoms with Crippen LogP contribution >= 0.6 is 11.6 Å². The number of benzene rings is 3. The predicted octanol–water partition coefficient (Wildman–Crippen LogP) is 5.92. The average molecular weight is 345 g/mol. The normalized spacial score (nSPS) is 10.8. The summed E-state index contributed by atoms with van der Waals surface area (Å²) in [6.45, 7) is 0.776. The molecule has 25 heavy (non-hydrogen) atoms. The van der Waals surface area contributed by atoms with E-state index in [9.17, 15) is 0 Å². The van der Waals surface area contributed by atoms with Crippen LogP contribution in [0, 0.1) is 0 Å². The fraction of sp³-hybridized carbons (Fsp3) is 0.0455. The number of hydrogen-bond donors (Lipinski definition) is 0. The molecule has 0 saturated carbocycles. The molecule has 0 aliphatic heterocycles. The summed E-state index contributed by atoms with van der Waals surface area (Å²) in [5, 5.41) is 0.730. The topological polar surface area (TPSA) is 17.8 Å². The molecule has 0 saturated heterocycles. The maximum Gasteiger partial charge on any atom is 0.140 e. The van der Waals surface area contributed by atoms with Crippen LogP contribution in [-0.2, 0) is 6.54 Å². The van der Waals surface area contributed by atoms with Gasteiger partial charge in [-0.1, -0.05) is 72.3 Å². The molecular formula is C22H17ClN2. The quantitative estimate of drug-likeness (QED) is 0.449. The molecule has 0 bridgehead atoms. The molecular weight excluding hydrogens is 328 g/mol. The van der Waals surface area contributed by atoms with E-state index >= 15 is 0 Å². The van der Waals surface area contributed by atoms with E-state index in [2.05, 4.69) is 47.2 Å². The summed E-state index contributed by atoms with van der Waals surface area (Å²) < 4.78 is 2.20. The lowest BCUT2D eigenvalue weighted by Gasteiger charge is -2.08. The second kappa shape index (κ2) is 6.96. The Labute approximate surface area is 152 Å². The van der Waals surface area contributed by atoms with Gasteiger partial charge in [0.15, 0.2) is 0 Å². The van der Waals surface area contributed by atoms with Crippen LogP contribution in [0.3, 0.4) is 0 Å². The van der Waals surface area contributed by atoms with Crippen LogP contribution in [0.5, 0.6) is 0 Å². The standard InChI is InChI=1S/C22H17ClN2/c23-20-13-11-19(12-14-20)22-24-21(18-9-5-2-6-10-18)16-25(22)15-17-7-3-1-4-8-17/h1-14,16H,15H2. The maximum atomic E-state index is 6.04. The van der Waals surface area contributed by atoms with Crippen LogP contribution in [0.2, 0.25) is 5.02 Å². The van der Waals surface area contributed by atoms with Crippen molar-refractivity contribution in [2.24, 2.45) is 0 Å². The van der Waals surface area contributed by atoms with Gasteiger partial charge in [-0.2, -0.15) is 0 Å². The van der Waals surface area contributed by atoms with Crippen molar-refractivity contribution < 1.29 is 0 Å². The highest BCUT2D eigenvalue weighted by atomic mass is 35.5. The van der Waals surface area contributed by atoms with Crippen LogP contribution in [0.15, 0.2) is 91.1 Å². The third-order valence-corrected chi connectivity index (χ3v) is 4.40. The summed E-state index contributed by atoms with van der Waals surface area (Å²) in [6, 6.07) is 28.5. The van der Waals surface area contributed by atoms with Crippen LogP contribution in [0.1, 0.15) is 5.56 Å². The van der Waals surface area contributed by atoms with Crippen LogP contribution in [-0.4, -0.2) is 9.55 Å². The Kier molecular flexibility index (Phi) is 4.36. The zero-order chi connectivity index (χ0) is 17.1. The number of halogens is 1. The molecule has 4 rings (SSSR count). The summed E-state index contributed by atoms with van der Waals surface area (Å²) in [5.74, 6) is 0.944. The Balaban J connectivity index is 1.80. The van der Waals surface area contributed by atoms with Crippen LogP contribution < -0.4 is 0 Å². The van der Waals surface area contributed by atoms with Gasteiger partial charge in [0.1, 0.15) is 5.82 Å². The van der Waals surface area contributed by atoms with Gasteiger partial charge < -0.3 is 4.57 Å². The largest absolute Gasteiger partial charge is 0.326 e. The molecule has 0 aliphatic carbocycles. The molecule has 0 spiro atoms. The predicted molar refractivity (Wildman–Crippen MR) is 104 cm³/mol. The van der Waals surface area contributed by atoms with Crippen molar-refractivity contribution in [3.05, 3.63) is 102 Å². The van der Waals surface area contributed by atoms with Gasteiger partial charge in [-0.3, -0.25) is 0 Å². The Morgan fingerprint density at radius 3 is 2.04 bits per heavy atom. The minimum absolute atomic E-state index is 0.730. The summed E-state index contributed by atoms with van der Waals surface area (Å²) in [6.07, 6.45) is 2.12. The first-order chi connectivity index (χ1) is 12.3. The van der Waals surface area contributed by atoms with Crippen molar-refractivity contribution in [2.75, 3.05) is 0 Å². The smallest absolute Gasteiger partial charge is 0.140 e. The van der Waals surface area contributed by atoms with Gasteiger partial charge >= 0.3 is 0 Å². The van der Waals surface area contributed by atoms with Gasteiger partial charge in [-0.05, 0) is 29.8 Å². The Morgan fingerprint density at radius 1 is 0.720 bits per heavy atom. The van der Waals surface area contributed by atoms with Gasteiger partial charge in [0, 0.05) is 28.9 Å². The summed E-state index contributed by atoms with van der Waals surface area (Å²) in [5.41, 5.74) is 4.39. The molecule has 0 fully saturated rings. The number of aromatic nitrogens is 2. The van der Waals surface area contributed by atoms with Gasteiger partial charge in [-0.15, -0.1) is 0 Å². The van der Waals surface area contributed by atoms with E-state index < -0.39 is 0 Å². The first-order valence-electron chi connectivity index (χ1n) is 8.22. The monoisotopic (exact) mass is 344 g/mol. The number of nitrogens with zero attached hydrogens (tertiary/aromatic N) is 2. The van der Waals surface area contributed by atoms with Crippen molar-refractivity contribution in [1.29, 1.82) is 0 Å². The summed E-state index contributed by atoms with van der Waals surface area (Å²) in [7, 11) is 0. The van der Waals surface area contributed by atoms with E-state index in [1.807, 2.05) is 48.5 Å². The minimum atomic E-state index is 0.730. The fourth-order valence-electron chi connectivity index (χ4n) is 2.89. The SMILES string of the molecule is Clc1ccc(-c2nc(-c3ccccc3)cn2Cc2ccccc2)cc1. The van der Waals surface area contributed by atoms with E-state index in [-0.39, 0.29) is 0 Å². The van der Waals surface area contributed by atoms with Gasteiger partial charge in [0.2, 0.25) is 0 Å². The lowest BCUT2D eigenvalue weighted by atomic mass is 10.2. The van der Waals surface area contributed by atoms with Crippen molar-refractivity contribution in [1.82, 2.24) is 9.55 Å². The van der Waals surface area contributed by atoms with Gasteiger partial charge in [0.05, 0.1) is 5.69 Å². The molecule has 3 heteroatoms. The Morgan fingerprint density at radius 2 is 1.36 bits per heavy atom. The molecule has 0 N–H and O–H groups in total. The van der Waals surface area contributed by atoms with E-state index in [0.717, 1.165) is 34.2 Å². The Bertz CT molecular complexity index is 958.